The van der Waals surface area contributed by atoms with E-state index in [-0.39, 0.29) is 11.9 Å². The maximum Gasteiger partial charge on any atom is 0.237 e. The Hall–Kier alpha value is -2.30. The second kappa shape index (κ2) is 7.75. The fourth-order valence-corrected chi connectivity index (χ4v) is 4.40. The van der Waals surface area contributed by atoms with Crippen molar-refractivity contribution in [1.29, 1.82) is 0 Å². The van der Waals surface area contributed by atoms with Crippen molar-refractivity contribution in [2.45, 2.75) is 19.4 Å². The highest BCUT2D eigenvalue weighted by Crippen LogP contribution is 2.28. The van der Waals surface area contributed by atoms with Gasteiger partial charge in [-0.2, -0.15) is 0 Å². The Morgan fingerprint density at radius 1 is 1.11 bits per heavy atom. The molecule has 0 N–H and O–H groups in total. The van der Waals surface area contributed by atoms with Gasteiger partial charge in [-0.1, -0.05) is 65.8 Å². The highest BCUT2D eigenvalue weighted by atomic mass is 35.5. The molecule has 0 radical (unpaired) electrons. The smallest absolute Gasteiger partial charge is 0.237 e. The quantitative estimate of drug-likeness (QED) is 0.582. The first-order valence-corrected chi connectivity index (χ1v) is 10.2. The lowest BCUT2D eigenvalue weighted by Gasteiger charge is -2.22. The van der Waals surface area contributed by atoms with Gasteiger partial charge in [0.25, 0.3) is 0 Å². The van der Waals surface area contributed by atoms with Crippen LogP contribution in [0.25, 0.3) is 10.8 Å². The number of thioether (sulfide) groups is 1. The Kier molecular flexibility index (Phi) is 5.19. The van der Waals surface area contributed by atoms with E-state index in [9.17, 15) is 4.79 Å². The van der Waals surface area contributed by atoms with Gasteiger partial charge in [-0.05, 0) is 47.5 Å². The number of carbonyl (C=O) groups is 1. The van der Waals surface area contributed by atoms with Gasteiger partial charge >= 0.3 is 0 Å². The zero-order valence-electron chi connectivity index (χ0n) is 14.9. The molecule has 4 rings (SSSR count). The van der Waals surface area contributed by atoms with Crippen LogP contribution in [0.2, 0.25) is 5.02 Å². The molecule has 0 saturated carbocycles. The van der Waals surface area contributed by atoms with Crippen LogP contribution in [-0.4, -0.2) is 22.9 Å². The summed E-state index contributed by atoms with van der Waals surface area (Å²) in [5, 5.41) is 3.66. The van der Waals surface area contributed by atoms with Crippen LogP contribution in [0, 0.1) is 0 Å². The Morgan fingerprint density at radius 3 is 2.59 bits per heavy atom. The first kappa shape index (κ1) is 18.1. The SMILES string of the molecule is C[C@@H]1CSC(N(C(=O)Cc2cccc3ccccc23)c2ccc(Cl)cc2)=N1. The second-order valence-electron chi connectivity index (χ2n) is 6.59. The number of aliphatic imine (C=N–C) groups is 1. The standard InChI is InChI=1S/C22H19ClN2OS/c1-15-14-27-22(24-15)25(19-11-9-18(23)10-12-19)21(26)13-17-7-4-6-16-5-2-3-8-20(16)17/h2-12,15H,13-14H2,1H3/t15-/m1/s1. The number of amides is 1. The topological polar surface area (TPSA) is 32.7 Å². The van der Waals surface area contributed by atoms with Gasteiger partial charge < -0.3 is 0 Å². The normalized spacial score (nSPS) is 16.4. The van der Waals surface area contributed by atoms with E-state index in [1.54, 1.807) is 28.8 Å². The molecule has 1 amide bonds. The van der Waals surface area contributed by atoms with E-state index in [0.29, 0.717) is 11.4 Å². The molecular weight excluding hydrogens is 376 g/mol. The number of anilines is 1. The molecule has 0 fully saturated rings. The predicted molar refractivity (Wildman–Crippen MR) is 116 cm³/mol. The first-order valence-electron chi connectivity index (χ1n) is 8.87. The van der Waals surface area contributed by atoms with Gasteiger partial charge in [-0.3, -0.25) is 14.7 Å². The Bertz CT molecular complexity index is 1010. The van der Waals surface area contributed by atoms with Crippen molar-refractivity contribution in [1.82, 2.24) is 0 Å². The van der Waals surface area contributed by atoms with Gasteiger partial charge in [0.2, 0.25) is 5.91 Å². The van der Waals surface area contributed by atoms with Crippen molar-refractivity contribution in [2.75, 3.05) is 10.7 Å². The monoisotopic (exact) mass is 394 g/mol. The fourth-order valence-electron chi connectivity index (χ4n) is 3.22. The maximum atomic E-state index is 13.3. The number of nitrogens with zero attached hydrogens (tertiary/aromatic N) is 2. The minimum atomic E-state index is 0.00836. The number of hydrogen-bond acceptors (Lipinski definition) is 3. The molecule has 0 bridgehead atoms. The van der Waals surface area contributed by atoms with Crippen LogP contribution in [0.5, 0.6) is 0 Å². The lowest BCUT2D eigenvalue weighted by molar-refractivity contribution is -0.117. The molecule has 0 aromatic heterocycles. The van der Waals surface area contributed by atoms with Gasteiger partial charge in [0.15, 0.2) is 5.17 Å². The van der Waals surface area contributed by atoms with Crippen LogP contribution in [0.1, 0.15) is 12.5 Å². The van der Waals surface area contributed by atoms with Crippen molar-refractivity contribution < 1.29 is 4.79 Å². The van der Waals surface area contributed by atoms with Crippen molar-refractivity contribution in [2.24, 2.45) is 4.99 Å². The predicted octanol–water partition coefficient (Wildman–Crippen LogP) is 5.56. The van der Waals surface area contributed by atoms with Gasteiger partial charge in [0.1, 0.15) is 0 Å². The zero-order valence-corrected chi connectivity index (χ0v) is 16.5. The third-order valence-electron chi connectivity index (χ3n) is 4.53. The number of fused-ring (bicyclic) bond motifs is 1. The average molecular weight is 395 g/mol. The fraction of sp³-hybridized carbons (Fsp3) is 0.182. The summed E-state index contributed by atoms with van der Waals surface area (Å²) in [5.74, 6) is 0.898. The first-order chi connectivity index (χ1) is 13.1. The highest BCUT2D eigenvalue weighted by Gasteiger charge is 2.27. The van der Waals surface area contributed by atoms with E-state index in [4.69, 9.17) is 11.6 Å². The van der Waals surface area contributed by atoms with Gasteiger partial charge in [0.05, 0.1) is 18.2 Å². The number of amidine groups is 1. The third-order valence-corrected chi connectivity index (χ3v) is 5.98. The number of halogens is 1. The molecule has 5 heteroatoms. The molecule has 1 aliphatic rings. The lowest BCUT2D eigenvalue weighted by atomic mass is 10.0. The van der Waals surface area contributed by atoms with Gasteiger partial charge in [-0.25, -0.2) is 0 Å². The van der Waals surface area contributed by atoms with Gasteiger partial charge in [-0.15, -0.1) is 0 Å². The molecule has 27 heavy (non-hydrogen) atoms. The molecular formula is C22H19ClN2OS. The molecule has 136 valence electrons. The van der Waals surface area contributed by atoms with Gasteiger partial charge in [0, 0.05) is 10.8 Å². The van der Waals surface area contributed by atoms with E-state index in [0.717, 1.165) is 32.9 Å². The highest BCUT2D eigenvalue weighted by molar-refractivity contribution is 8.14. The summed E-state index contributed by atoms with van der Waals surface area (Å²) >= 11 is 7.66. The molecule has 1 aliphatic heterocycles. The Labute approximate surface area is 168 Å². The summed E-state index contributed by atoms with van der Waals surface area (Å²) in [5.41, 5.74) is 1.82. The molecule has 0 saturated heterocycles. The van der Waals surface area contributed by atoms with E-state index in [1.165, 1.54) is 0 Å². The number of carbonyl (C=O) groups excluding carboxylic acids is 1. The minimum Gasteiger partial charge on any atom is -0.274 e. The van der Waals surface area contributed by atoms with Crippen molar-refractivity contribution in [3.05, 3.63) is 77.3 Å². The Morgan fingerprint density at radius 2 is 1.85 bits per heavy atom. The largest absolute Gasteiger partial charge is 0.274 e. The summed E-state index contributed by atoms with van der Waals surface area (Å²) in [6.07, 6.45) is 0.317. The minimum absolute atomic E-state index is 0.00836. The molecule has 3 nitrogen and oxygen atoms in total. The van der Waals surface area contributed by atoms with E-state index >= 15 is 0 Å². The second-order valence-corrected chi connectivity index (χ2v) is 8.02. The van der Waals surface area contributed by atoms with E-state index in [1.807, 2.05) is 36.4 Å². The lowest BCUT2D eigenvalue weighted by Crippen LogP contribution is -2.35. The summed E-state index contributed by atoms with van der Waals surface area (Å²) in [7, 11) is 0. The van der Waals surface area contributed by atoms with Crippen molar-refractivity contribution in [3.8, 4) is 0 Å². The summed E-state index contributed by atoms with van der Waals surface area (Å²) in [4.78, 5) is 19.7. The van der Waals surface area contributed by atoms with Crippen molar-refractivity contribution in [3.63, 3.8) is 0 Å². The molecule has 0 spiro atoms. The number of hydrogen-bond donors (Lipinski definition) is 0. The Balaban J connectivity index is 1.70. The zero-order chi connectivity index (χ0) is 18.8. The van der Waals surface area contributed by atoms with Crippen LogP contribution in [0.3, 0.4) is 0 Å². The van der Waals surface area contributed by atoms with Crippen molar-refractivity contribution >= 4 is 50.9 Å². The summed E-state index contributed by atoms with van der Waals surface area (Å²) in [6.45, 7) is 2.06. The molecule has 3 aromatic carbocycles. The molecule has 0 unspecified atom stereocenters. The van der Waals surface area contributed by atoms with Crippen LogP contribution in [-0.2, 0) is 11.2 Å². The molecule has 1 heterocycles. The van der Waals surface area contributed by atoms with Crippen LogP contribution in [0.4, 0.5) is 5.69 Å². The van der Waals surface area contributed by atoms with E-state index < -0.39 is 0 Å². The molecule has 0 aliphatic carbocycles. The van der Waals surface area contributed by atoms with Crippen LogP contribution < -0.4 is 4.90 Å². The molecule has 1 atom stereocenters. The van der Waals surface area contributed by atoms with E-state index in [2.05, 4.69) is 30.1 Å². The third kappa shape index (κ3) is 3.87. The average Bonchev–Trinajstić information content (AvgIpc) is 3.10. The number of rotatable bonds is 3. The summed E-state index contributed by atoms with van der Waals surface area (Å²) in [6, 6.07) is 21.8. The van der Waals surface area contributed by atoms with Crippen LogP contribution >= 0.6 is 23.4 Å². The molecule has 3 aromatic rings. The number of benzene rings is 3. The van der Waals surface area contributed by atoms with Crippen LogP contribution in [0.15, 0.2) is 71.7 Å². The maximum absolute atomic E-state index is 13.3. The summed E-state index contributed by atoms with van der Waals surface area (Å²) < 4.78 is 0.